The smallest absolute Gasteiger partial charge is 0.146 e. The van der Waals surface area contributed by atoms with Crippen molar-refractivity contribution in [2.45, 2.75) is 5.41 Å². The lowest BCUT2D eigenvalue weighted by Crippen LogP contribution is -2.29. The summed E-state index contributed by atoms with van der Waals surface area (Å²) in [6, 6.07) is 33.6. The number of fused-ring (bicyclic) bond motifs is 3. The Labute approximate surface area is 285 Å². The second-order valence-corrected chi connectivity index (χ2v) is 11.9. The van der Waals surface area contributed by atoms with Gasteiger partial charge in [-0.3, -0.25) is 0 Å². The average Bonchev–Trinajstić information content (AvgIpc) is 3.44. The van der Waals surface area contributed by atoms with Gasteiger partial charge in [0.05, 0.1) is 16.8 Å². The molecule has 1 aliphatic rings. The minimum Gasteiger partial charge on any atom is -0.505 e. The highest BCUT2D eigenvalue weighted by Gasteiger charge is 2.49. The van der Waals surface area contributed by atoms with Crippen molar-refractivity contribution in [2.75, 3.05) is 11.5 Å². The molecule has 6 N–H and O–H groups in total. The number of phenolic OH excluding ortho intramolecular Hbond substituents is 2. The molecular formula is C45H28N2O2. The molecule has 0 amide bonds. The van der Waals surface area contributed by atoms with Crippen LogP contribution in [0.4, 0.5) is 11.4 Å². The summed E-state index contributed by atoms with van der Waals surface area (Å²) in [5.74, 6) is 11.1. The molecule has 1 aliphatic carbocycles. The standard InChI is InChI=1S/C45H28N2O2/c1-5-27-19-29(7-3)41-37(21-27)45(38-22-28(6-2)20-30(8-4)42(38)41,33-23-35(43(48)39(46)25-33)31-15-11-9-12-16-31)34-24-36(44(49)40(47)26-34)32-17-13-10-14-18-32/h1-4,9-26,48-49H,46-47H2. The largest absolute Gasteiger partial charge is 0.505 e. The van der Waals surface area contributed by atoms with Gasteiger partial charge in [-0.25, -0.2) is 0 Å². The normalized spacial score (nSPS) is 12.1. The van der Waals surface area contributed by atoms with Crippen molar-refractivity contribution >= 4 is 11.4 Å². The Morgan fingerprint density at radius 3 is 1.22 bits per heavy atom. The number of hydrogen-bond acceptors (Lipinski definition) is 4. The molecule has 4 nitrogen and oxygen atoms in total. The third kappa shape index (κ3) is 4.49. The molecule has 0 saturated heterocycles. The van der Waals surface area contributed by atoms with Crippen molar-refractivity contribution in [1.82, 2.24) is 0 Å². The zero-order valence-electron chi connectivity index (χ0n) is 26.3. The molecule has 0 saturated carbocycles. The predicted molar refractivity (Wildman–Crippen MR) is 199 cm³/mol. The second kappa shape index (κ2) is 11.5. The summed E-state index contributed by atoms with van der Waals surface area (Å²) in [4.78, 5) is 0. The summed E-state index contributed by atoms with van der Waals surface area (Å²) < 4.78 is 0. The Morgan fingerprint density at radius 2 is 0.878 bits per heavy atom. The minimum atomic E-state index is -1.25. The zero-order valence-corrected chi connectivity index (χ0v) is 26.3. The van der Waals surface area contributed by atoms with Gasteiger partial charge in [0.2, 0.25) is 0 Å². The Bertz CT molecular complexity index is 2340. The van der Waals surface area contributed by atoms with Crippen molar-refractivity contribution in [1.29, 1.82) is 0 Å². The molecule has 6 aromatic rings. The van der Waals surface area contributed by atoms with E-state index in [1.54, 1.807) is 24.3 Å². The van der Waals surface area contributed by atoms with Gasteiger partial charge < -0.3 is 21.7 Å². The van der Waals surface area contributed by atoms with E-state index in [1.807, 2.05) is 84.9 Å². The molecule has 0 aliphatic heterocycles. The van der Waals surface area contributed by atoms with E-state index in [2.05, 4.69) is 23.7 Å². The van der Waals surface area contributed by atoms with Crippen molar-refractivity contribution in [2.24, 2.45) is 0 Å². The predicted octanol–water partition coefficient (Wildman–Crippen LogP) is 7.88. The molecule has 0 aromatic heterocycles. The highest BCUT2D eigenvalue weighted by Crippen LogP contribution is 2.60. The van der Waals surface area contributed by atoms with E-state index in [0.717, 1.165) is 22.3 Å². The molecular weight excluding hydrogens is 601 g/mol. The molecule has 0 heterocycles. The maximum absolute atomic E-state index is 11.4. The number of terminal acetylenes is 4. The number of anilines is 2. The SMILES string of the molecule is C#Cc1cc(C#C)c2c(c1)C(c1cc(N)c(O)c(-c3ccccc3)c1)(c1cc(N)c(O)c(-c3ccccc3)c1)c1cc(C#C)cc(C#C)c1-2. The summed E-state index contributed by atoms with van der Waals surface area (Å²) >= 11 is 0. The number of aromatic hydroxyl groups is 2. The molecule has 6 aromatic carbocycles. The lowest BCUT2D eigenvalue weighted by molar-refractivity contribution is 0.479. The van der Waals surface area contributed by atoms with Crippen molar-refractivity contribution in [3.8, 4) is 94.3 Å². The van der Waals surface area contributed by atoms with E-state index in [4.69, 9.17) is 37.2 Å². The fraction of sp³-hybridized carbons (Fsp3) is 0.0222. The van der Waals surface area contributed by atoms with Crippen molar-refractivity contribution in [3.63, 3.8) is 0 Å². The topological polar surface area (TPSA) is 92.5 Å². The number of hydrogen-bond donors (Lipinski definition) is 4. The number of phenols is 2. The highest BCUT2D eigenvalue weighted by atomic mass is 16.3. The van der Waals surface area contributed by atoms with Crippen LogP contribution in [0.1, 0.15) is 44.5 Å². The maximum atomic E-state index is 11.4. The van der Waals surface area contributed by atoms with E-state index in [-0.39, 0.29) is 22.9 Å². The van der Waals surface area contributed by atoms with Crippen LogP contribution in [0.15, 0.2) is 109 Å². The first-order chi connectivity index (χ1) is 23.8. The molecule has 230 valence electrons. The summed E-state index contributed by atoms with van der Waals surface area (Å²) in [6.07, 6.45) is 24.5. The molecule has 0 bridgehead atoms. The number of nitrogen functional groups attached to an aromatic ring is 2. The average molecular weight is 629 g/mol. The van der Waals surface area contributed by atoms with Gasteiger partial charge in [0.25, 0.3) is 0 Å². The monoisotopic (exact) mass is 628 g/mol. The summed E-state index contributed by atoms with van der Waals surface area (Å²) in [5.41, 5.74) is 21.3. The Kier molecular flexibility index (Phi) is 7.16. The lowest BCUT2D eigenvalue weighted by Gasteiger charge is -2.35. The van der Waals surface area contributed by atoms with Crippen LogP contribution in [0.2, 0.25) is 0 Å². The minimum absolute atomic E-state index is 0.0675. The van der Waals surface area contributed by atoms with Gasteiger partial charge in [-0.05, 0) is 81.9 Å². The molecule has 0 unspecified atom stereocenters. The van der Waals surface area contributed by atoms with Crippen LogP contribution in [0.3, 0.4) is 0 Å². The molecule has 4 heteroatoms. The Morgan fingerprint density at radius 1 is 0.490 bits per heavy atom. The van der Waals surface area contributed by atoms with Gasteiger partial charge in [0.15, 0.2) is 0 Å². The van der Waals surface area contributed by atoms with Crippen LogP contribution in [0.5, 0.6) is 11.5 Å². The van der Waals surface area contributed by atoms with E-state index in [1.165, 1.54) is 0 Å². The van der Waals surface area contributed by atoms with Crippen LogP contribution in [-0.4, -0.2) is 10.2 Å². The fourth-order valence-electron chi connectivity index (χ4n) is 7.16. The van der Waals surface area contributed by atoms with E-state index in [9.17, 15) is 10.2 Å². The van der Waals surface area contributed by atoms with Gasteiger partial charge in [-0.1, -0.05) is 84.3 Å². The first kappa shape index (κ1) is 30.4. The second-order valence-electron chi connectivity index (χ2n) is 11.9. The van der Waals surface area contributed by atoms with Crippen molar-refractivity contribution in [3.05, 3.63) is 154 Å². The summed E-state index contributed by atoms with van der Waals surface area (Å²) in [7, 11) is 0. The third-order valence-corrected chi connectivity index (χ3v) is 9.29. The third-order valence-electron chi connectivity index (χ3n) is 9.29. The van der Waals surface area contributed by atoms with Gasteiger partial charge in [0.1, 0.15) is 11.5 Å². The number of rotatable bonds is 4. The molecule has 7 rings (SSSR count). The van der Waals surface area contributed by atoms with Crippen LogP contribution in [-0.2, 0) is 5.41 Å². The molecule has 0 radical (unpaired) electrons. The van der Waals surface area contributed by atoms with E-state index in [0.29, 0.717) is 55.6 Å². The zero-order chi connectivity index (χ0) is 34.4. The quantitative estimate of drug-likeness (QED) is 0.0907. The van der Waals surface area contributed by atoms with Crippen molar-refractivity contribution < 1.29 is 10.2 Å². The lowest BCUT2D eigenvalue weighted by atomic mass is 9.66. The molecule has 0 atom stereocenters. The first-order valence-electron chi connectivity index (χ1n) is 15.4. The molecule has 0 spiro atoms. The van der Waals surface area contributed by atoms with Gasteiger partial charge in [-0.2, -0.15) is 0 Å². The van der Waals surface area contributed by atoms with Crippen LogP contribution < -0.4 is 11.5 Å². The first-order valence-corrected chi connectivity index (χ1v) is 15.4. The maximum Gasteiger partial charge on any atom is 0.146 e. The number of benzene rings is 6. The highest BCUT2D eigenvalue weighted by molar-refractivity contribution is 5.95. The molecule has 49 heavy (non-hydrogen) atoms. The molecule has 0 fully saturated rings. The van der Waals surface area contributed by atoms with Crippen LogP contribution >= 0.6 is 0 Å². The van der Waals surface area contributed by atoms with E-state index >= 15 is 0 Å². The fourth-order valence-corrected chi connectivity index (χ4v) is 7.16. The van der Waals surface area contributed by atoms with Crippen LogP contribution in [0, 0.1) is 49.4 Å². The summed E-state index contributed by atoms with van der Waals surface area (Å²) in [6.45, 7) is 0. The van der Waals surface area contributed by atoms with Crippen LogP contribution in [0.25, 0.3) is 33.4 Å². The summed E-state index contributed by atoms with van der Waals surface area (Å²) in [5, 5.41) is 22.8. The Hall–Kier alpha value is -7.24. The Balaban J connectivity index is 1.76. The van der Waals surface area contributed by atoms with Gasteiger partial charge >= 0.3 is 0 Å². The van der Waals surface area contributed by atoms with Gasteiger partial charge in [0, 0.05) is 44.5 Å². The number of nitrogens with two attached hydrogens (primary N) is 2. The van der Waals surface area contributed by atoms with E-state index < -0.39 is 5.41 Å². The van der Waals surface area contributed by atoms with Gasteiger partial charge in [-0.15, -0.1) is 25.7 Å².